The quantitative estimate of drug-likeness (QED) is 0.509. The summed E-state index contributed by atoms with van der Waals surface area (Å²) in [5.41, 5.74) is -0.219. The number of ketones is 1. The summed E-state index contributed by atoms with van der Waals surface area (Å²) in [5, 5.41) is 0. The molecule has 0 saturated heterocycles. The lowest BCUT2D eigenvalue weighted by molar-refractivity contribution is -0.130. The van der Waals surface area contributed by atoms with Gasteiger partial charge in [0.1, 0.15) is 0 Å². The van der Waals surface area contributed by atoms with Gasteiger partial charge in [0, 0.05) is 6.42 Å². The standard InChI is InChI=1S/C16H33NO/c1-6-9-10-11-12-13-14-15(18)16(7-2,8-3)17(4)5/h6-14H2,1-5H3. The zero-order valence-electron chi connectivity index (χ0n) is 13.2. The van der Waals surface area contributed by atoms with Gasteiger partial charge in [0.05, 0.1) is 5.54 Å². The van der Waals surface area contributed by atoms with Crippen LogP contribution >= 0.6 is 0 Å². The molecular weight excluding hydrogens is 222 g/mol. The van der Waals surface area contributed by atoms with E-state index in [2.05, 4.69) is 25.7 Å². The molecule has 0 aliphatic rings. The van der Waals surface area contributed by atoms with Gasteiger partial charge in [-0.05, 0) is 33.4 Å². The third-order valence-corrected chi connectivity index (χ3v) is 4.30. The molecule has 0 aromatic heterocycles. The van der Waals surface area contributed by atoms with E-state index in [4.69, 9.17) is 0 Å². The summed E-state index contributed by atoms with van der Waals surface area (Å²) >= 11 is 0. The molecule has 0 atom stereocenters. The van der Waals surface area contributed by atoms with Crippen molar-refractivity contribution < 1.29 is 4.79 Å². The van der Waals surface area contributed by atoms with E-state index in [1.165, 1.54) is 32.1 Å². The number of hydrogen-bond donors (Lipinski definition) is 0. The fraction of sp³-hybridized carbons (Fsp3) is 0.938. The predicted octanol–water partition coefficient (Wildman–Crippen LogP) is 4.43. The fourth-order valence-corrected chi connectivity index (χ4v) is 2.82. The molecule has 18 heavy (non-hydrogen) atoms. The van der Waals surface area contributed by atoms with Gasteiger partial charge in [-0.1, -0.05) is 52.9 Å². The molecule has 0 fully saturated rings. The van der Waals surface area contributed by atoms with Crippen LogP contribution in [0.5, 0.6) is 0 Å². The third kappa shape index (κ3) is 5.09. The molecule has 2 nitrogen and oxygen atoms in total. The number of unbranched alkanes of at least 4 members (excludes halogenated alkanes) is 5. The normalized spacial score (nSPS) is 12.1. The molecule has 0 bridgehead atoms. The van der Waals surface area contributed by atoms with E-state index >= 15 is 0 Å². The Morgan fingerprint density at radius 3 is 1.83 bits per heavy atom. The molecule has 0 N–H and O–H groups in total. The van der Waals surface area contributed by atoms with Gasteiger partial charge in [0.15, 0.2) is 5.78 Å². The van der Waals surface area contributed by atoms with Crippen molar-refractivity contribution in [3.05, 3.63) is 0 Å². The Labute approximate surface area is 114 Å². The van der Waals surface area contributed by atoms with Gasteiger partial charge in [-0.2, -0.15) is 0 Å². The lowest BCUT2D eigenvalue weighted by Gasteiger charge is -2.37. The Morgan fingerprint density at radius 1 is 0.889 bits per heavy atom. The van der Waals surface area contributed by atoms with E-state index in [0.717, 1.165) is 25.7 Å². The number of carbonyl (C=O) groups excluding carboxylic acids is 1. The van der Waals surface area contributed by atoms with E-state index in [-0.39, 0.29) is 5.54 Å². The van der Waals surface area contributed by atoms with Crippen LogP contribution in [0.4, 0.5) is 0 Å². The molecule has 0 amide bonds. The summed E-state index contributed by atoms with van der Waals surface area (Å²) in [7, 11) is 4.07. The molecule has 0 unspecified atom stereocenters. The predicted molar refractivity (Wildman–Crippen MR) is 80.0 cm³/mol. The monoisotopic (exact) mass is 255 g/mol. The second-order valence-corrected chi connectivity index (χ2v) is 5.57. The van der Waals surface area contributed by atoms with Crippen LogP contribution < -0.4 is 0 Å². The maximum Gasteiger partial charge on any atom is 0.153 e. The fourth-order valence-electron chi connectivity index (χ4n) is 2.82. The number of hydrogen-bond acceptors (Lipinski definition) is 2. The lowest BCUT2D eigenvalue weighted by atomic mass is 9.84. The van der Waals surface area contributed by atoms with Crippen LogP contribution in [-0.2, 0) is 4.79 Å². The summed E-state index contributed by atoms with van der Waals surface area (Å²) in [5.74, 6) is 0.438. The minimum Gasteiger partial charge on any atom is -0.298 e. The highest BCUT2D eigenvalue weighted by Crippen LogP contribution is 2.25. The van der Waals surface area contributed by atoms with Crippen LogP contribution in [0.2, 0.25) is 0 Å². The summed E-state index contributed by atoms with van der Waals surface area (Å²) in [6.07, 6.45) is 10.1. The first kappa shape index (κ1) is 17.6. The summed E-state index contributed by atoms with van der Waals surface area (Å²) in [4.78, 5) is 14.5. The van der Waals surface area contributed by atoms with Crippen molar-refractivity contribution in [3.8, 4) is 0 Å². The van der Waals surface area contributed by atoms with Crippen LogP contribution in [0.1, 0.15) is 78.6 Å². The van der Waals surface area contributed by atoms with Crippen molar-refractivity contribution in [2.75, 3.05) is 14.1 Å². The van der Waals surface area contributed by atoms with Crippen molar-refractivity contribution in [1.29, 1.82) is 0 Å². The number of rotatable bonds is 11. The summed E-state index contributed by atoms with van der Waals surface area (Å²) < 4.78 is 0. The molecule has 108 valence electrons. The van der Waals surface area contributed by atoms with Crippen molar-refractivity contribution >= 4 is 5.78 Å². The van der Waals surface area contributed by atoms with E-state index < -0.39 is 0 Å². The highest BCUT2D eigenvalue weighted by atomic mass is 16.1. The number of Topliss-reactive ketones (excluding diaryl/α,β-unsaturated/α-hetero) is 1. The topological polar surface area (TPSA) is 20.3 Å². The molecule has 0 spiro atoms. The van der Waals surface area contributed by atoms with Crippen LogP contribution in [0.25, 0.3) is 0 Å². The average Bonchev–Trinajstić information content (AvgIpc) is 2.35. The van der Waals surface area contributed by atoms with Crippen LogP contribution in [0, 0.1) is 0 Å². The molecule has 0 radical (unpaired) electrons. The molecule has 2 heteroatoms. The van der Waals surface area contributed by atoms with Crippen LogP contribution in [-0.4, -0.2) is 30.3 Å². The maximum absolute atomic E-state index is 12.4. The molecule has 0 saturated carbocycles. The van der Waals surface area contributed by atoms with Crippen LogP contribution in [0.3, 0.4) is 0 Å². The Balaban J connectivity index is 4.05. The van der Waals surface area contributed by atoms with E-state index in [0.29, 0.717) is 5.78 Å². The van der Waals surface area contributed by atoms with E-state index in [9.17, 15) is 4.79 Å². The Morgan fingerprint density at radius 2 is 1.39 bits per heavy atom. The molecular formula is C16H33NO. The zero-order valence-corrected chi connectivity index (χ0v) is 13.2. The Hall–Kier alpha value is -0.370. The second-order valence-electron chi connectivity index (χ2n) is 5.57. The average molecular weight is 255 g/mol. The zero-order chi connectivity index (χ0) is 14.0. The van der Waals surface area contributed by atoms with Gasteiger partial charge in [-0.25, -0.2) is 0 Å². The molecule has 0 aromatic carbocycles. The number of carbonyl (C=O) groups is 1. The minimum absolute atomic E-state index is 0.219. The first-order chi connectivity index (χ1) is 8.55. The highest BCUT2D eigenvalue weighted by molar-refractivity contribution is 5.88. The Bertz CT molecular complexity index is 219. The smallest absolute Gasteiger partial charge is 0.153 e. The van der Waals surface area contributed by atoms with Crippen molar-refractivity contribution in [1.82, 2.24) is 4.90 Å². The van der Waals surface area contributed by atoms with Crippen LogP contribution in [0.15, 0.2) is 0 Å². The highest BCUT2D eigenvalue weighted by Gasteiger charge is 2.35. The first-order valence-electron chi connectivity index (χ1n) is 7.75. The van der Waals surface area contributed by atoms with Gasteiger partial charge in [0.25, 0.3) is 0 Å². The van der Waals surface area contributed by atoms with Crippen molar-refractivity contribution in [2.24, 2.45) is 0 Å². The second kappa shape index (κ2) is 9.55. The number of nitrogens with zero attached hydrogens (tertiary/aromatic N) is 1. The van der Waals surface area contributed by atoms with Crippen molar-refractivity contribution in [3.63, 3.8) is 0 Å². The number of likely N-dealkylation sites (N-methyl/N-ethyl adjacent to an activating group) is 1. The van der Waals surface area contributed by atoms with Gasteiger partial charge >= 0.3 is 0 Å². The molecule has 0 aliphatic carbocycles. The SMILES string of the molecule is CCCCCCCCC(=O)C(CC)(CC)N(C)C. The van der Waals surface area contributed by atoms with Gasteiger partial charge in [0.2, 0.25) is 0 Å². The molecule has 0 rings (SSSR count). The third-order valence-electron chi connectivity index (χ3n) is 4.30. The van der Waals surface area contributed by atoms with Gasteiger partial charge < -0.3 is 0 Å². The first-order valence-corrected chi connectivity index (χ1v) is 7.75. The van der Waals surface area contributed by atoms with E-state index in [1.54, 1.807) is 0 Å². The van der Waals surface area contributed by atoms with Gasteiger partial charge in [-0.3, -0.25) is 9.69 Å². The molecule has 0 aromatic rings. The van der Waals surface area contributed by atoms with Gasteiger partial charge in [-0.15, -0.1) is 0 Å². The Kier molecular flexibility index (Phi) is 9.35. The summed E-state index contributed by atoms with van der Waals surface area (Å²) in [6, 6.07) is 0. The summed E-state index contributed by atoms with van der Waals surface area (Å²) in [6.45, 7) is 6.49. The molecule has 0 aliphatic heterocycles. The molecule has 0 heterocycles. The largest absolute Gasteiger partial charge is 0.298 e. The van der Waals surface area contributed by atoms with Crippen molar-refractivity contribution in [2.45, 2.75) is 84.1 Å². The minimum atomic E-state index is -0.219. The maximum atomic E-state index is 12.4. The lowest BCUT2D eigenvalue weighted by Crippen LogP contribution is -2.50. The van der Waals surface area contributed by atoms with E-state index in [1.807, 2.05) is 14.1 Å².